The minimum absolute atomic E-state index is 0.0805. The van der Waals surface area contributed by atoms with Crippen molar-refractivity contribution in [2.24, 2.45) is 10.7 Å². The molecular formula is C50H79N9O15. The fraction of sp³-hybridized carbons (Fsp3) is 0.620. The van der Waals surface area contributed by atoms with Gasteiger partial charge in [-0.05, 0) is 44.1 Å². The van der Waals surface area contributed by atoms with Crippen molar-refractivity contribution >= 4 is 59.1 Å². The number of nitrogens with zero attached hydrogens (tertiary/aromatic N) is 4. The number of rotatable bonds is 44. The van der Waals surface area contributed by atoms with Crippen molar-refractivity contribution in [2.75, 3.05) is 165 Å². The second-order valence-electron chi connectivity index (χ2n) is 16.0. The Morgan fingerprint density at radius 2 is 1.09 bits per heavy atom. The lowest BCUT2D eigenvalue weighted by atomic mass is 10.1. The first-order valence-corrected chi connectivity index (χ1v) is 24.9. The van der Waals surface area contributed by atoms with Crippen molar-refractivity contribution in [2.45, 2.75) is 40.0 Å². The molecule has 3 rings (SSSR count). The summed E-state index contributed by atoms with van der Waals surface area (Å²) in [5.74, 6) is -1.55. The van der Waals surface area contributed by atoms with Gasteiger partial charge in [0.1, 0.15) is 18.1 Å². The van der Waals surface area contributed by atoms with Crippen molar-refractivity contribution < 1.29 is 71.3 Å². The van der Waals surface area contributed by atoms with E-state index in [1.165, 1.54) is 12.2 Å². The molecule has 0 spiro atoms. The zero-order chi connectivity index (χ0) is 53.9. The molecule has 0 atom stereocenters. The molecule has 6 N–H and O–H groups in total. The van der Waals surface area contributed by atoms with E-state index in [-0.39, 0.29) is 44.3 Å². The van der Waals surface area contributed by atoms with Gasteiger partial charge in [0.25, 0.3) is 17.7 Å². The molecule has 24 nitrogen and oxygen atoms in total. The van der Waals surface area contributed by atoms with E-state index in [9.17, 15) is 24.0 Å². The van der Waals surface area contributed by atoms with Gasteiger partial charge in [0.15, 0.2) is 0 Å². The third-order valence-corrected chi connectivity index (χ3v) is 9.80. The fourth-order valence-electron chi connectivity index (χ4n) is 6.17. The van der Waals surface area contributed by atoms with Crippen molar-refractivity contribution in [3.63, 3.8) is 0 Å². The van der Waals surface area contributed by atoms with Gasteiger partial charge in [-0.3, -0.25) is 39.3 Å². The maximum Gasteiger partial charge on any atom is 0.269 e. The number of nitrogens with one attached hydrogen (secondary N) is 4. The molecule has 0 unspecified atom stereocenters. The lowest BCUT2D eigenvalue weighted by Gasteiger charge is -2.13. The van der Waals surface area contributed by atoms with Gasteiger partial charge in [-0.2, -0.15) is 0 Å². The van der Waals surface area contributed by atoms with Crippen LogP contribution in [0.15, 0.2) is 47.1 Å². The molecule has 0 aromatic carbocycles. The molecular weight excluding hydrogens is 967 g/mol. The summed E-state index contributed by atoms with van der Waals surface area (Å²) in [7, 11) is 0. The average Bonchev–Trinajstić information content (AvgIpc) is 3.61. The highest BCUT2D eigenvalue weighted by atomic mass is 16.6. The van der Waals surface area contributed by atoms with Gasteiger partial charge in [-0.25, -0.2) is 4.99 Å². The van der Waals surface area contributed by atoms with Crippen LogP contribution in [0.1, 0.15) is 51.3 Å². The Kier molecular flexibility index (Phi) is 37.2. The van der Waals surface area contributed by atoms with Gasteiger partial charge in [0, 0.05) is 56.5 Å². The largest absolute Gasteiger partial charge is 0.387 e. The number of allylic oxidation sites excluding steroid dienone is 1. The van der Waals surface area contributed by atoms with Crippen LogP contribution in [-0.4, -0.2) is 227 Å². The Balaban J connectivity index is 0.00000189. The van der Waals surface area contributed by atoms with Crippen LogP contribution in [0.3, 0.4) is 0 Å². The minimum Gasteiger partial charge on any atom is -0.387 e. The second kappa shape index (κ2) is 42.7. The van der Waals surface area contributed by atoms with E-state index >= 15 is 0 Å². The van der Waals surface area contributed by atoms with Crippen LogP contribution < -0.4 is 16.4 Å². The lowest BCUT2D eigenvalue weighted by molar-refractivity contribution is -0.141. The number of aliphatic imine (C=N–C) groups is 1. The van der Waals surface area contributed by atoms with E-state index in [1.807, 2.05) is 13.0 Å². The van der Waals surface area contributed by atoms with E-state index in [2.05, 4.69) is 34.5 Å². The molecule has 0 saturated heterocycles. The molecule has 414 valence electrons. The van der Waals surface area contributed by atoms with Gasteiger partial charge in [0.05, 0.1) is 149 Å². The number of carbonyl (C=O) groups is 5. The highest BCUT2D eigenvalue weighted by Crippen LogP contribution is 2.25. The van der Waals surface area contributed by atoms with E-state index in [4.69, 9.17) is 63.9 Å². The summed E-state index contributed by atoms with van der Waals surface area (Å²) in [6, 6.07) is 1.71. The summed E-state index contributed by atoms with van der Waals surface area (Å²) >= 11 is 0. The standard InChI is InChI=1S/C43H64N8O14.C7H15NO/c1-33-28-37-38(50-39(46)29-33)30-34(31-49-37)35(44)2-3-36(45)43(55)48-7-9-57-11-13-59-15-17-61-19-21-63-23-25-65-27-26-64-24-22-62-20-18-60-16-14-58-12-10-56-8-6-47-40(52)32-51-41(53)4-5-42(51)54;1-3-5-8(7-9)6-4-2/h2-5,28,30-31,44-45H,6-27,29,32H2,1H3,(H2,46,50)(H,47,52)(H,48,55);7H,3-6H2,1-2H3/b3-2-,44-35?,45-36?;. The number of hydrogen-bond acceptors (Lipinski definition) is 20. The molecule has 24 heteroatoms. The summed E-state index contributed by atoms with van der Waals surface area (Å²) in [5, 5.41) is 21.5. The molecule has 0 fully saturated rings. The Morgan fingerprint density at radius 1 is 0.676 bits per heavy atom. The molecule has 0 aliphatic carbocycles. The number of fused-ring (bicyclic) bond motifs is 1. The normalized spacial score (nSPS) is 13.0. The zero-order valence-electron chi connectivity index (χ0n) is 43.4. The first kappa shape index (κ1) is 64.4. The third kappa shape index (κ3) is 31.8. The number of nitrogens with two attached hydrogens (primary N) is 1. The molecule has 2 aliphatic heterocycles. The van der Waals surface area contributed by atoms with Crippen LogP contribution in [0.2, 0.25) is 0 Å². The Labute approximate surface area is 434 Å². The van der Waals surface area contributed by atoms with Crippen molar-refractivity contribution in [1.82, 2.24) is 25.4 Å². The van der Waals surface area contributed by atoms with Crippen molar-refractivity contribution in [3.05, 3.63) is 53.4 Å². The number of carbonyl (C=O) groups excluding carboxylic acids is 5. The monoisotopic (exact) mass is 1050 g/mol. The second-order valence-corrected chi connectivity index (χ2v) is 16.0. The van der Waals surface area contributed by atoms with E-state index in [1.54, 1.807) is 17.2 Å². The summed E-state index contributed by atoms with van der Waals surface area (Å²) in [4.78, 5) is 68.6. The Bertz CT molecular complexity index is 1930. The summed E-state index contributed by atoms with van der Waals surface area (Å²) in [6.45, 7) is 16.0. The minimum atomic E-state index is -0.582. The third-order valence-electron chi connectivity index (χ3n) is 9.80. The number of imide groups is 1. The molecule has 1 aromatic rings. The van der Waals surface area contributed by atoms with E-state index in [0.717, 1.165) is 55.0 Å². The van der Waals surface area contributed by atoms with Crippen LogP contribution in [0, 0.1) is 10.8 Å². The highest BCUT2D eigenvalue weighted by Gasteiger charge is 2.25. The molecule has 2 aliphatic rings. The summed E-state index contributed by atoms with van der Waals surface area (Å²) in [6.07, 6.45) is 11.9. The maximum atomic E-state index is 12.2. The van der Waals surface area contributed by atoms with E-state index < -0.39 is 23.6 Å². The number of amidine groups is 1. The highest BCUT2D eigenvalue weighted by molar-refractivity contribution is 6.42. The fourth-order valence-corrected chi connectivity index (χ4v) is 6.17. The number of aromatic nitrogens is 1. The van der Waals surface area contributed by atoms with Gasteiger partial charge < -0.3 is 74.0 Å². The topological polar surface area (TPSA) is 307 Å². The summed E-state index contributed by atoms with van der Waals surface area (Å²) < 4.78 is 54.6. The van der Waals surface area contributed by atoms with Crippen molar-refractivity contribution in [3.8, 4) is 0 Å². The van der Waals surface area contributed by atoms with Crippen molar-refractivity contribution in [1.29, 1.82) is 10.8 Å². The smallest absolute Gasteiger partial charge is 0.269 e. The number of pyridine rings is 1. The molecule has 1 aromatic heterocycles. The zero-order valence-corrected chi connectivity index (χ0v) is 43.4. The van der Waals surface area contributed by atoms with Crippen LogP contribution in [0.25, 0.3) is 6.08 Å². The average molecular weight is 1050 g/mol. The Hall–Kier alpha value is -5.67. The number of amides is 5. The maximum absolute atomic E-state index is 12.2. The van der Waals surface area contributed by atoms with Gasteiger partial charge in [-0.15, -0.1) is 0 Å². The molecule has 74 heavy (non-hydrogen) atoms. The molecule has 3 heterocycles. The first-order chi connectivity index (χ1) is 36.0. The van der Waals surface area contributed by atoms with Gasteiger partial charge in [0.2, 0.25) is 12.3 Å². The molecule has 5 amide bonds. The number of ether oxygens (including phenoxy) is 10. The predicted octanol–water partition coefficient (Wildman–Crippen LogP) is 1.41. The van der Waals surface area contributed by atoms with E-state index in [0.29, 0.717) is 148 Å². The predicted molar refractivity (Wildman–Crippen MR) is 276 cm³/mol. The van der Waals surface area contributed by atoms with Crippen LogP contribution in [-0.2, 0) is 71.3 Å². The Morgan fingerprint density at radius 3 is 1.51 bits per heavy atom. The van der Waals surface area contributed by atoms with Gasteiger partial charge >= 0.3 is 0 Å². The lowest BCUT2D eigenvalue weighted by Crippen LogP contribution is -2.41. The van der Waals surface area contributed by atoms with Crippen LogP contribution in [0.4, 0.5) is 5.69 Å². The first-order valence-electron chi connectivity index (χ1n) is 24.9. The SMILES string of the molecule is CC1=Cc2ncc(C(=N)/C=C\C(=N)C(=O)NCCOCCOCCOCCOCCOCCOCCOCCOCCOCCOCCNC(=O)CN3C(=O)C=CC3=O)cc2N=C(N)C1.CCCN(C=O)CCC. The number of hydrogen-bond donors (Lipinski definition) is 5. The quantitative estimate of drug-likeness (QED) is 0.0267. The molecule has 0 bridgehead atoms. The molecule has 0 radical (unpaired) electrons. The molecule has 0 saturated carbocycles. The van der Waals surface area contributed by atoms with Crippen LogP contribution in [0.5, 0.6) is 0 Å². The summed E-state index contributed by atoms with van der Waals surface area (Å²) in [5.41, 5.74) is 8.52. The van der Waals surface area contributed by atoms with Gasteiger partial charge in [-0.1, -0.05) is 19.4 Å². The van der Waals surface area contributed by atoms with Crippen LogP contribution >= 0.6 is 0 Å².